The molecule has 2 aromatic heterocycles. The second kappa shape index (κ2) is 6.57. The zero-order valence-electron chi connectivity index (χ0n) is 13.7. The highest BCUT2D eigenvalue weighted by molar-refractivity contribution is 6.08. The lowest BCUT2D eigenvalue weighted by Crippen LogP contribution is -1.91. The van der Waals surface area contributed by atoms with Crippen LogP contribution in [0.3, 0.4) is 0 Å². The zero-order chi connectivity index (χ0) is 16.2. The van der Waals surface area contributed by atoms with Crippen molar-refractivity contribution < 1.29 is 0 Å². The number of hydrogen-bond acceptors (Lipinski definition) is 2. The van der Waals surface area contributed by atoms with Crippen LogP contribution in [0.2, 0.25) is 0 Å². The van der Waals surface area contributed by atoms with Gasteiger partial charge in [-0.2, -0.15) is 0 Å². The van der Waals surface area contributed by atoms with E-state index < -0.39 is 0 Å². The quantitative estimate of drug-likeness (QED) is 0.416. The van der Waals surface area contributed by atoms with Gasteiger partial charge in [-0.25, -0.2) is 0 Å². The van der Waals surface area contributed by atoms with E-state index in [0.29, 0.717) is 0 Å². The first kappa shape index (κ1) is 15.2. The molecule has 0 radical (unpaired) electrons. The minimum Gasteiger partial charge on any atom is -0.254 e. The summed E-state index contributed by atoms with van der Waals surface area (Å²) < 4.78 is 0. The van der Waals surface area contributed by atoms with E-state index in [1.54, 1.807) is 0 Å². The van der Waals surface area contributed by atoms with Crippen LogP contribution < -0.4 is 0 Å². The van der Waals surface area contributed by atoms with Crippen molar-refractivity contribution in [2.75, 3.05) is 0 Å². The number of nitrogens with zero attached hydrogens (tertiary/aromatic N) is 2. The summed E-state index contributed by atoms with van der Waals surface area (Å²) >= 11 is 0. The first-order chi connectivity index (χ1) is 11.3. The first-order valence-electron chi connectivity index (χ1n) is 8.03. The molecular weight excluding hydrogens is 280 g/mol. The molecule has 2 heteroatoms. The van der Waals surface area contributed by atoms with Gasteiger partial charge in [0.15, 0.2) is 0 Å². The van der Waals surface area contributed by atoms with E-state index in [1.807, 2.05) is 39.1 Å². The van der Waals surface area contributed by atoms with Crippen molar-refractivity contribution in [1.29, 1.82) is 0 Å². The van der Waals surface area contributed by atoms with Crippen LogP contribution in [0.25, 0.3) is 32.9 Å². The summed E-state index contributed by atoms with van der Waals surface area (Å²) in [5, 5.41) is 2.28. The van der Waals surface area contributed by atoms with Gasteiger partial charge in [-0.05, 0) is 30.2 Å². The molecule has 0 saturated carbocycles. The van der Waals surface area contributed by atoms with Crippen molar-refractivity contribution >= 4 is 21.8 Å². The van der Waals surface area contributed by atoms with Gasteiger partial charge in [0.05, 0.1) is 11.0 Å². The number of aryl methyl sites for hydroxylation is 1. The van der Waals surface area contributed by atoms with Crippen LogP contribution >= 0.6 is 0 Å². The third-order valence-corrected chi connectivity index (χ3v) is 3.76. The number of benzene rings is 2. The van der Waals surface area contributed by atoms with E-state index >= 15 is 0 Å². The number of rotatable bonds is 1. The molecular formula is C21H20N2. The van der Waals surface area contributed by atoms with Crippen molar-refractivity contribution in [2.45, 2.75) is 20.8 Å². The predicted octanol–water partition coefficient (Wildman–Crippen LogP) is 5.78. The van der Waals surface area contributed by atoms with Crippen LogP contribution in [0.15, 0.2) is 66.9 Å². The summed E-state index contributed by atoms with van der Waals surface area (Å²) in [4.78, 5) is 9.25. The molecule has 0 spiro atoms. The van der Waals surface area contributed by atoms with Crippen LogP contribution in [-0.2, 0) is 0 Å². The third kappa shape index (κ3) is 2.80. The van der Waals surface area contributed by atoms with Gasteiger partial charge >= 0.3 is 0 Å². The number of aromatic nitrogens is 2. The Balaban J connectivity index is 0.000000753. The SMILES string of the molecule is CC.Cc1cc(-c2ccccc2)c2ccc3cccnc3c2n1. The van der Waals surface area contributed by atoms with Crippen LogP contribution in [-0.4, -0.2) is 9.97 Å². The van der Waals surface area contributed by atoms with Gasteiger partial charge < -0.3 is 0 Å². The Morgan fingerprint density at radius 3 is 2.35 bits per heavy atom. The maximum Gasteiger partial charge on any atom is 0.0973 e. The second-order valence-corrected chi connectivity index (χ2v) is 5.21. The largest absolute Gasteiger partial charge is 0.254 e. The Labute approximate surface area is 136 Å². The standard InChI is InChI=1S/C19H14N2.C2H6/c1-13-12-17(14-6-3-2-4-7-14)16-10-9-15-8-5-11-20-18(15)19(16)21-13;1-2/h2-12H,1H3;1-2H3. The summed E-state index contributed by atoms with van der Waals surface area (Å²) in [7, 11) is 0. The summed E-state index contributed by atoms with van der Waals surface area (Å²) in [6, 6.07) is 20.9. The molecule has 0 fully saturated rings. The maximum absolute atomic E-state index is 4.73. The van der Waals surface area contributed by atoms with E-state index in [4.69, 9.17) is 4.98 Å². The molecule has 0 aliphatic carbocycles. The molecule has 0 N–H and O–H groups in total. The topological polar surface area (TPSA) is 25.8 Å². The van der Waals surface area contributed by atoms with Gasteiger partial charge in [0, 0.05) is 22.7 Å². The summed E-state index contributed by atoms with van der Waals surface area (Å²) in [5.74, 6) is 0. The molecule has 114 valence electrons. The lowest BCUT2D eigenvalue weighted by atomic mass is 9.99. The van der Waals surface area contributed by atoms with Gasteiger partial charge in [0.1, 0.15) is 0 Å². The average Bonchev–Trinajstić information content (AvgIpc) is 2.63. The zero-order valence-corrected chi connectivity index (χ0v) is 13.7. The second-order valence-electron chi connectivity index (χ2n) is 5.21. The number of hydrogen-bond donors (Lipinski definition) is 0. The number of pyridine rings is 2. The molecule has 0 atom stereocenters. The van der Waals surface area contributed by atoms with Crippen LogP contribution in [0.4, 0.5) is 0 Å². The summed E-state index contributed by atoms with van der Waals surface area (Å²) in [6.07, 6.45) is 1.83. The minimum atomic E-state index is 0.968. The predicted molar refractivity (Wildman–Crippen MR) is 98.6 cm³/mol. The van der Waals surface area contributed by atoms with E-state index in [0.717, 1.165) is 27.5 Å². The molecule has 4 aromatic rings. The maximum atomic E-state index is 4.73. The highest BCUT2D eigenvalue weighted by atomic mass is 14.7. The molecule has 0 amide bonds. The summed E-state index contributed by atoms with van der Waals surface area (Å²) in [6.45, 7) is 6.04. The van der Waals surface area contributed by atoms with Crippen LogP contribution in [0, 0.1) is 6.92 Å². The van der Waals surface area contributed by atoms with Crippen molar-refractivity contribution in [3.63, 3.8) is 0 Å². The highest BCUT2D eigenvalue weighted by Crippen LogP contribution is 2.31. The number of fused-ring (bicyclic) bond motifs is 3. The Kier molecular flexibility index (Phi) is 4.33. The molecule has 23 heavy (non-hydrogen) atoms. The molecule has 0 aliphatic rings. The summed E-state index contributed by atoms with van der Waals surface area (Å²) in [5.41, 5.74) is 5.39. The van der Waals surface area contributed by atoms with E-state index in [-0.39, 0.29) is 0 Å². The fourth-order valence-corrected chi connectivity index (χ4v) is 2.81. The molecule has 0 aliphatic heterocycles. The molecule has 2 heterocycles. The van der Waals surface area contributed by atoms with Crippen molar-refractivity contribution in [1.82, 2.24) is 9.97 Å². The normalized spacial score (nSPS) is 10.4. The van der Waals surface area contributed by atoms with E-state index in [9.17, 15) is 0 Å². The van der Waals surface area contributed by atoms with Crippen molar-refractivity contribution in [3.05, 3.63) is 72.6 Å². The van der Waals surface area contributed by atoms with Gasteiger partial charge in [0.2, 0.25) is 0 Å². The van der Waals surface area contributed by atoms with Gasteiger partial charge in [-0.3, -0.25) is 9.97 Å². The fourth-order valence-electron chi connectivity index (χ4n) is 2.81. The monoisotopic (exact) mass is 300 g/mol. The Morgan fingerprint density at radius 1 is 0.783 bits per heavy atom. The Morgan fingerprint density at radius 2 is 1.57 bits per heavy atom. The van der Waals surface area contributed by atoms with Gasteiger partial charge in [0.25, 0.3) is 0 Å². The minimum absolute atomic E-state index is 0.968. The van der Waals surface area contributed by atoms with E-state index in [1.165, 1.54) is 11.1 Å². The highest BCUT2D eigenvalue weighted by Gasteiger charge is 2.09. The third-order valence-electron chi connectivity index (χ3n) is 3.76. The van der Waals surface area contributed by atoms with Crippen LogP contribution in [0.1, 0.15) is 19.5 Å². The van der Waals surface area contributed by atoms with Crippen molar-refractivity contribution in [3.8, 4) is 11.1 Å². The molecule has 2 aromatic carbocycles. The van der Waals surface area contributed by atoms with E-state index in [2.05, 4.69) is 53.5 Å². The molecule has 0 unspecified atom stereocenters. The lowest BCUT2D eigenvalue weighted by molar-refractivity contribution is 1.25. The smallest absolute Gasteiger partial charge is 0.0973 e. The average molecular weight is 300 g/mol. The van der Waals surface area contributed by atoms with Crippen molar-refractivity contribution in [2.24, 2.45) is 0 Å². The molecule has 4 rings (SSSR count). The Bertz CT molecular complexity index is 944. The first-order valence-corrected chi connectivity index (χ1v) is 8.03. The Hall–Kier alpha value is -2.74. The molecule has 0 saturated heterocycles. The molecule has 2 nitrogen and oxygen atoms in total. The van der Waals surface area contributed by atoms with Crippen LogP contribution in [0.5, 0.6) is 0 Å². The lowest BCUT2D eigenvalue weighted by Gasteiger charge is -2.10. The fraction of sp³-hybridized carbons (Fsp3) is 0.143. The van der Waals surface area contributed by atoms with Gasteiger partial charge in [-0.15, -0.1) is 0 Å². The van der Waals surface area contributed by atoms with Gasteiger partial charge in [-0.1, -0.05) is 62.4 Å². The molecule has 0 bridgehead atoms.